The zero-order valence-corrected chi connectivity index (χ0v) is 10.8. The molecule has 15 heavy (non-hydrogen) atoms. The van der Waals surface area contributed by atoms with Crippen LogP contribution in [0.25, 0.3) is 0 Å². The van der Waals surface area contributed by atoms with Gasteiger partial charge in [-0.1, -0.05) is 0 Å². The number of rotatable bonds is 2. The molecule has 0 aliphatic carbocycles. The molecule has 3 nitrogen and oxygen atoms in total. The summed E-state index contributed by atoms with van der Waals surface area (Å²) in [5.41, 5.74) is -0.0519. The summed E-state index contributed by atoms with van der Waals surface area (Å²) in [7, 11) is 0. The summed E-state index contributed by atoms with van der Waals surface area (Å²) in [4.78, 5) is 2.54. The van der Waals surface area contributed by atoms with E-state index in [1.165, 1.54) is 19.5 Å². The number of hydrogen-bond acceptors (Lipinski definition) is 3. The van der Waals surface area contributed by atoms with Gasteiger partial charge < -0.3 is 9.64 Å². The number of hydrogen-bond donors (Lipinski definition) is 1. The molecule has 0 bridgehead atoms. The molecule has 0 aromatic carbocycles. The van der Waals surface area contributed by atoms with Gasteiger partial charge in [0, 0.05) is 25.0 Å². The van der Waals surface area contributed by atoms with Crippen LogP contribution in [0.1, 0.15) is 27.2 Å². The van der Waals surface area contributed by atoms with Gasteiger partial charge in [0.05, 0.1) is 6.61 Å². The summed E-state index contributed by atoms with van der Waals surface area (Å²) >= 11 is 0. The van der Waals surface area contributed by atoms with Crippen molar-refractivity contribution in [3.05, 3.63) is 0 Å². The molecule has 2 fully saturated rings. The van der Waals surface area contributed by atoms with Crippen LogP contribution in [0.4, 0.5) is 0 Å². The minimum atomic E-state index is -0.0519. The second-order valence-electron chi connectivity index (χ2n) is 4.96. The summed E-state index contributed by atoms with van der Waals surface area (Å²) in [6.07, 6.45) is 1.27. The van der Waals surface area contributed by atoms with Gasteiger partial charge in [-0.25, -0.2) is 0 Å². The fraction of sp³-hybridized carbons (Fsp3) is 1.00. The van der Waals surface area contributed by atoms with Crippen LogP contribution in [-0.4, -0.2) is 42.9 Å². The number of halogens is 1. The Balaban J connectivity index is 0.00000112. The summed E-state index contributed by atoms with van der Waals surface area (Å²) in [5.74, 6) is 0.660. The van der Waals surface area contributed by atoms with Gasteiger partial charge >= 0.3 is 0 Å². The highest BCUT2D eigenvalue weighted by atomic mass is 35.5. The van der Waals surface area contributed by atoms with E-state index >= 15 is 0 Å². The van der Waals surface area contributed by atoms with Crippen LogP contribution in [0.5, 0.6) is 0 Å². The first-order valence-corrected chi connectivity index (χ1v) is 5.75. The van der Waals surface area contributed by atoms with Crippen LogP contribution in [0.15, 0.2) is 0 Å². The number of nitrogens with zero attached hydrogens (tertiary/aromatic N) is 1. The van der Waals surface area contributed by atoms with Gasteiger partial charge in [0.15, 0.2) is 0 Å². The van der Waals surface area contributed by atoms with Crippen molar-refractivity contribution in [3.63, 3.8) is 0 Å². The molecule has 90 valence electrons. The van der Waals surface area contributed by atoms with Gasteiger partial charge in [-0.3, -0.25) is 5.32 Å². The Hall–Kier alpha value is 0.170. The van der Waals surface area contributed by atoms with Crippen LogP contribution in [0.2, 0.25) is 0 Å². The highest BCUT2D eigenvalue weighted by molar-refractivity contribution is 5.85. The monoisotopic (exact) mass is 234 g/mol. The van der Waals surface area contributed by atoms with Crippen molar-refractivity contribution < 1.29 is 4.74 Å². The highest BCUT2D eigenvalue weighted by Gasteiger charge is 2.41. The van der Waals surface area contributed by atoms with Gasteiger partial charge in [-0.2, -0.15) is 0 Å². The Labute approximate surface area is 99.0 Å². The van der Waals surface area contributed by atoms with Crippen molar-refractivity contribution in [3.8, 4) is 0 Å². The Bertz CT molecular complexity index is 205. The molecule has 2 heterocycles. The molecule has 0 aromatic rings. The maximum Gasteiger partial charge on any atom is 0.120 e. The molecule has 2 unspecified atom stereocenters. The van der Waals surface area contributed by atoms with Gasteiger partial charge in [-0.05, 0) is 33.7 Å². The topological polar surface area (TPSA) is 24.5 Å². The van der Waals surface area contributed by atoms with E-state index in [4.69, 9.17) is 4.74 Å². The molecule has 4 heteroatoms. The van der Waals surface area contributed by atoms with Gasteiger partial charge in [-0.15, -0.1) is 12.4 Å². The van der Waals surface area contributed by atoms with Gasteiger partial charge in [0.2, 0.25) is 0 Å². The molecule has 0 aromatic heterocycles. The molecule has 2 aliphatic heterocycles. The molecule has 0 amide bonds. The molecule has 0 saturated carbocycles. The van der Waals surface area contributed by atoms with Gasteiger partial charge in [0.1, 0.15) is 5.72 Å². The molecule has 0 spiro atoms. The lowest BCUT2D eigenvalue weighted by atomic mass is 9.97. The van der Waals surface area contributed by atoms with Crippen LogP contribution < -0.4 is 5.32 Å². The summed E-state index contributed by atoms with van der Waals surface area (Å²) in [6, 6.07) is 0.671. The van der Waals surface area contributed by atoms with Crippen molar-refractivity contribution in [2.45, 2.75) is 39.0 Å². The third-order valence-electron chi connectivity index (χ3n) is 3.71. The molecular weight excluding hydrogens is 212 g/mol. The first-order valence-electron chi connectivity index (χ1n) is 5.75. The van der Waals surface area contributed by atoms with Crippen molar-refractivity contribution in [2.24, 2.45) is 5.92 Å². The van der Waals surface area contributed by atoms with Crippen molar-refractivity contribution >= 4 is 12.4 Å². The van der Waals surface area contributed by atoms with Crippen LogP contribution in [0.3, 0.4) is 0 Å². The minimum absolute atomic E-state index is 0. The van der Waals surface area contributed by atoms with Crippen LogP contribution in [-0.2, 0) is 4.74 Å². The Kier molecular flexibility index (Phi) is 4.41. The molecule has 2 aliphatic rings. The summed E-state index contributed by atoms with van der Waals surface area (Å²) < 4.78 is 5.81. The second kappa shape index (κ2) is 5.00. The molecular formula is C11H23ClN2O. The Morgan fingerprint density at radius 3 is 2.67 bits per heavy atom. The lowest BCUT2D eigenvalue weighted by molar-refractivity contribution is -0.0401. The standard InChI is InChI=1S/C11H22N2O.ClH/c1-9(2)13-6-4-10(8-13)11(3)12-5-7-14-11;/h9-10,12H,4-8H2,1-3H3;1H. The Morgan fingerprint density at radius 2 is 2.20 bits per heavy atom. The molecule has 2 atom stereocenters. The first-order chi connectivity index (χ1) is 6.62. The predicted octanol–water partition coefficient (Wildman–Crippen LogP) is 1.47. The number of likely N-dealkylation sites (tertiary alicyclic amines) is 1. The number of nitrogens with one attached hydrogen (secondary N) is 1. The molecule has 0 radical (unpaired) electrons. The van der Waals surface area contributed by atoms with E-state index in [9.17, 15) is 0 Å². The normalized spacial score (nSPS) is 37.2. The van der Waals surface area contributed by atoms with E-state index in [2.05, 4.69) is 31.0 Å². The zero-order chi connectivity index (χ0) is 10.2. The van der Waals surface area contributed by atoms with Crippen LogP contribution in [0, 0.1) is 5.92 Å². The van der Waals surface area contributed by atoms with E-state index in [0.29, 0.717) is 12.0 Å². The number of ether oxygens (including phenoxy) is 1. The lowest BCUT2D eigenvalue weighted by Gasteiger charge is -2.31. The zero-order valence-electron chi connectivity index (χ0n) is 9.95. The quantitative estimate of drug-likeness (QED) is 0.784. The van der Waals surface area contributed by atoms with E-state index in [1.807, 2.05) is 0 Å². The lowest BCUT2D eigenvalue weighted by Crippen LogP contribution is -2.46. The average Bonchev–Trinajstić information content (AvgIpc) is 2.71. The molecule has 1 N–H and O–H groups in total. The maximum atomic E-state index is 5.81. The van der Waals surface area contributed by atoms with E-state index in [0.717, 1.165) is 13.2 Å². The maximum absolute atomic E-state index is 5.81. The Morgan fingerprint density at radius 1 is 1.47 bits per heavy atom. The SMILES string of the molecule is CC(C)N1CCC(C2(C)NCCO2)C1.Cl. The first kappa shape index (κ1) is 13.2. The molecule has 2 rings (SSSR count). The van der Waals surface area contributed by atoms with E-state index in [-0.39, 0.29) is 18.1 Å². The van der Waals surface area contributed by atoms with Crippen molar-refractivity contribution in [1.29, 1.82) is 0 Å². The largest absolute Gasteiger partial charge is 0.359 e. The summed E-state index contributed by atoms with van der Waals surface area (Å²) in [6.45, 7) is 11.0. The van der Waals surface area contributed by atoms with Crippen molar-refractivity contribution in [1.82, 2.24) is 10.2 Å². The smallest absolute Gasteiger partial charge is 0.120 e. The fourth-order valence-electron chi connectivity index (χ4n) is 2.58. The van der Waals surface area contributed by atoms with E-state index in [1.54, 1.807) is 0 Å². The second-order valence-corrected chi connectivity index (χ2v) is 4.96. The van der Waals surface area contributed by atoms with Gasteiger partial charge in [0.25, 0.3) is 0 Å². The predicted molar refractivity (Wildman–Crippen MR) is 64.4 cm³/mol. The average molecular weight is 235 g/mol. The van der Waals surface area contributed by atoms with E-state index < -0.39 is 0 Å². The third-order valence-corrected chi connectivity index (χ3v) is 3.71. The summed E-state index contributed by atoms with van der Waals surface area (Å²) in [5, 5.41) is 3.49. The highest BCUT2D eigenvalue weighted by Crippen LogP contribution is 2.31. The molecule has 2 saturated heterocycles. The fourth-order valence-corrected chi connectivity index (χ4v) is 2.58. The third kappa shape index (κ3) is 2.64. The minimum Gasteiger partial charge on any atom is -0.359 e. The van der Waals surface area contributed by atoms with Crippen molar-refractivity contribution in [2.75, 3.05) is 26.2 Å². The van der Waals surface area contributed by atoms with Crippen LogP contribution >= 0.6 is 12.4 Å².